The first-order valence-electron chi connectivity index (χ1n) is 11.0. The summed E-state index contributed by atoms with van der Waals surface area (Å²) in [6.45, 7) is 4.17. The Hall–Kier alpha value is -2.40. The molecule has 0 saturated heterocycles. The molecule has 1 saturated carbocycles. The number of hydrogen-bond donors (Lipinski definition) is 1. The van der Waals surface area contributed by atoms with E-state index in [1.54, 1.807) is 11.0 Å². The molecule has 0 spiro atoms. The molecule has 6 heteroatoms. The molecule has 0 aromatic heterocycles. The van der Waals surface area contributed by atoms with Gasteiger partial charge in [-0.3, -0.25) is 9.59 Å². The number of nitrogens with one attached hydrogen (secondary N) is 1. The summed E-state index contributed by atoms with van der Waals surface area (Å²) in [5.41, 5.74) is 2.20. The van der Waals surface area contributed by atoms with Crippen molar-refractivity contribution < 1.29 is 14.0 Å². The lowest BCUT2D eigenvalue weighted by Gasteiger charge is -2.31. The molecule has 31 heavy (non-hydrogen) atoms. The molecule has 0 heterocycles. The van der Waals surface area contributed by atoms with Gasteiger partial charge in [-0.05, 0) is 43.9 Å². The summed E-state index contributed by atoms with van der Waals surface area (Å²) in [6, 6.07) is 11.8. The third kappa shape index (κ3) is 6.07. The van der Waals surface area contributed by atoms with Gasteiger partial charge >= 0.3 is 0 Å². The van der Waals surface area contributed by atoms with Gasteiger partial charge in [-0.25, -0.2) is 4.39 Å². The summed E-state index contributed by atoms with van der Waals surface area (Å²) in [6.07, 6.45) is 4.45. The largest absolute Gasteiger partial charge is 0.352 e. The van der Waals surface area contributed by atoms with E-state index < -0.39 is 11.9 Å². The number of amides is 2. The molecular weight excluding hydrogens is 415 g/mol. The van der Waals surface area contributed by atoms with Gasteiger partial charge in [0.2, 0.25) is 11.8 Å². The van der Waals surface area contributed by atoms with Gasteiger partial charge < -0.3 is 10.2 Å². The third-order valence-electron chi connectivity index (χ3n) is 5.95. The van der Waals surface area contributed by atoms with Crippen molar-refractivity contribution in [2.75, 3.05) is 0 Å². The lowest BCUT2D eigenvalue weighted by atomic mass is 10.0. The first-order valence-corrected chi connectivity index (χ1v) is 11.3. The SMILES string of the molecule is CCC(C(=O)NC1CCCC1)N(Cc1ccc(C)cc1)C(=O)Cc1c(F)cccc1Cl. The molecule has 1 atom stereocenters. The van der Waals surface area contributed by atoms with Gasteiger partial charge in [-0.15, -0.1) is 0 Å². The summed E-state index contributed by atoms with van der Waals surface area (Å²) < 4.78 is 14.3. The second-order valence-corrected chi connectivity index (χ2v) is 8.71. The fourth-order valence-corrected chi connectivity index (χ4v) is 4.36. The zero-order valence-corrected chi connectivity index (χ0v) is 18.9. The summed E-state index contributed by atoms with van der Waals surface area (Å²) >= 11 is 6.16. The summed E-state index contributed by atoms with van der Waals surface area (Å²) in [5.74, 6) is -0.977. The van der Waals surface area contributed by atoms with Crippen molar-refractivity contribution in [3.8, 4) is 0 Å². The number of rotatable bonds is 8. The van der Waals surface area contributed by atoms with Crippen LogP contribution >= 0.6 is 11.6 Å². The van der Waals surface area contributed by atoms with Crippen LogP contribution in [0.3, 0.4) is 0 Å². The average molecular weight is 445 g/mol. The maximum Gasteiger partial charge on any atom is 0.243 e. The van der Waals surface area contributed by atoms with Crippen LogP contribution in [0.4, 0.5) is 4.39 Å². The number of hydrogen-bond acceptors (Lipinski definition) is 2. The van der Waals surface area contributed by atoms with Crippen LogP contribution in [0.2, 0.25) is 5.02 Å². The molecule has 0 radical (unpaired) electrons. The average Bonchev–Trinajstić information content (AvgIpc) is 3.25. The number of benzene rings is 2. The van der Waals surface area contributed by atoms with Gasteiger partial charge in [-0.2, -0.15) is 0 Å². The van der Waals surface area contributed by atoms with E-state index in [0.29, 0.717) is 6.42 Å². The van der Waals surface area contributed by atoms with Crippen LogP contribution in [0.15, 0.2) is 42.5 Å². The Bertz CT molecular complexity index is 890. The lowest BCUT2D eigenvalue weighted by Crippen LogP contribution is -2.51. The molecule has 3 rings (SSSR count). The number of nitrogens with zero attached hydrogens (tertiary/aromatic N) is 1. The van der Waals surface area contributed by atoms with Crippen LogP contribution in [-0.2, 0) is 22.6 Å². The smallest absolute Gasteiger partial charge is 0.243 e. The molecule has 0 bridgehead atoms. The number of carbonyl (C=O) groups excluding carboxylic acids is 2. The molecular formula is C25H30ClFN2O2. The van der Waals surface area contributed by atoms with Crippen molar-refractivity contribution in [3.63, 3.8) is 0 Å². The van der Waals surface area contributed by atoms with Crippen molar-refractivity contribution in [1.29, 1.82) is 0 Å². The Balaban J connectivity index is 1.85. The van der Waals surface area contributed by atoms with Crippen LogP contribution in [0, 0.1) is 12.7 Å². The Morgan fingerprint density at radius 1 is 1.16 bits per heavy atom. The first kappa shape index (κ1) is 23.3. The topological polar surface area (TPSA) is 49.4 Å². The predicted octanol–water partition coefficient (Wildman–Crippen LogP) is 5.20. The summed E-state index contributed by atoms with van der Waals surface area (Å²) in [5, 5.41) is 3.33. The van der Waals surface area contributed by atoms with Crippen LogP contribution < -0.4 is 5.32 Å². The molecule has 0 aliphatic heterocycles. The van der Waals surface area contributed by atoms with Crippen LogP contribution in [0.25, 0.3) is 0 Å². The molecule has 1 fully saturated rings. The van der Waals surface area contributed by atoms with Crippen molar-refractivity contribution in [1.82, 2.24) is 10.2 Å². The maximum atomic E-state index is 14.3. The van der Waals surface area contributed by atoms with E-state index in [1.165, 1.54) is 12.1 Å². The minimum atomic E-state index is -0.625. The number of halogens is 2. The van der Waals surface area contributed by atoms with E-state index in [2.05, 4.69) is 5.32 Å². The molecule has 1 unspecified atom stereocenters. The first-order chi connectivity index (χ1) is 14.9. The van der Waals surface area contributed by atoms with Crippen molar-refractivity contribution in [2.45, 2.75) is 71.0 Å². The Morgan fingerprint density at radius 2 is 1.84 bits per heavy atom. The van der Waals surface area contributed by atoms with Crippen LogP contribution in [0.5, 0.6) is 0 Å². The van der Waals surface area contributed by atoms with Gasteiger partial charge in [0, 0.05) is 23.2 Å². The zero-order valence-electron chi connectivity index (χ0n) is 18.2. The molecule has 166 valence electrons. The van der Waals surface area contributed by atoms with Crippen LogP contribution in [-0.4, -0.2) is 28.8 Å². The van der Waals surface area contributed by atoms with E-state index in [9.17, 15) is 14.0 Å². The van der Waals surface area contributed by atoms with Gasteiger partial charge in [0.1, 0.15) is 11.9 Å². The minimum absolute atomic E-state index is 0.144. The fourth-order valence-electron chi connectivity index (χ4n) is 4.13. The molecule has 1 aliphatic carbocycles. The summed E-state index contributed by atoms with van der Waals surface area (Å²) in [4.78, 5) is 28.0. The molecule has 1 N–H and O–H groups in total. The molecule has 2 aromatic carbocycles. The van der Waals surface area contributed by atoms with Gasteiger partial charge in [0.15, 0.2) is 0 Å². The predicted molar refractivity (Wildman–Crippen MR) is 121 cm³/mol. The highest BCUT2D eigenvalue weighted by Gasteiger charge is 2.31. The Labute approximate surface area is 188 Å². The minimum Gasteiger partial charge on any atom is -0.352 e. The van der Waals surface area contributed by atoms with Gasteiger partial charge in [0.25, 0.3) is 0 Å². The van der Waals surface area contributed by atoms with E-state index >= 15 is 0 Å². The number of carbonyl (C=O) groups is 2. The van der Waals surface area contributed by atoms with Crippen molar-refractivity contribution in [2.24, 2.45) is 0 Å². The second-order valence-electron chi connectivity index (χ2n) is 8.30. The van der Waals surface area contributed by atoms with E-state index in [0.717, 1.165) is 36.8 Å². The molecule has 2 amide bonds. The van der Waals surface area contributed by atoms with E-state index in [4.69, 9.17) is 11.6 Å². The van der Waals surface area contributed by atoms with Gasteiger partial charge in [0.05, 0.1) is 6.42 Å². The summed E-state index contributed by atoms with van der Waals surface area (Å²) in [7, 11) is 0. The van der Waals surface area contributed by atoms with Crippen LogP contribution in [0.1, 0.15) is 55.7 Å². The standard InChI is InChI=1S/C25H30ClFN2O2/c1-3-23(25(31)28-19-7-4-5-8-19)29(16-18-13-11-17(2)12-14-18)24(30)15-20-21(26)9-6-10-22(20)27/h6,9-14,19,23H,3-5,7-8,15-16H2,1-2H3,(H,28,31). The number of aryl methyl sites for hydroxylation is 1. The fraction of sp³-hybridized carbons (Fsp3) is 0.440. The molecule has 2 aromatic rings. The lowest BCUT2D eigenvalue weighted by molar-refractivity contribution is -0.141. The Morgan fingerprint density at radius 3 is 2.45 bits per heavy atom. The quantitative estimate of drug-likeness (QED) is 0.608. The Kier molecular flexibility index (Phi) is 8.08. The molecule has 4 nitrogen and oxygen atoms in total. The normalized spacial score (nSPS) is 15.0. The zero-order chi connectivity index (χ0) is 22.4. The van der Waals surface area contributed by atoms with Crippen molar-refractivity contribution in [3.05, 3.63) is 70.0 Å². The third-order valence-corrected chi connectivity index (χ3v) is 6.30. The monoisotopic (exact) mass is 444 g/mol. The maximum absolute atomic E-state index is 14.3. The highest BCUT2D eigenvalue weighted by molar-refractivity contribution is 6.31. The van der Waals surface area contributed by atoms with Crippen molar-refractivity contribution >= 4 is 23.4 Å². The highest BCUT2D eigenvalue weighted by atomic mass is 35.5. The highest BCUT2D eigenvalue weighted by Crippen LogP contribution is 2.23. The molecule has 1 aliphatic rings. The second kappa shape index (κ2) is 10.8. The van der Waals surface area contributed by atoms with E-state index in [1.807, 2.05) is 38.1 Å². The van der Waals surface area contributed by atoms with Gasteiger partial charge in [-0.1, -0.05) is 67.3 Å². The van der Waals surface area contributed by atoms with E-state index in [-0.39, 0.29) is 41.4 Å².